The number of hydrogen-bond acceptors (Lipinski definition) is 6. The van der Waals surface area contributed by atoms with Crippen molar-refractivity contribution < 1.29 is 23.8 Å². The zero-order valence-electron chi connectivity index (χ0n) is 19.8. The second-order valence-corrected chi connectivity index (χ2v) is 7.54. The van der Waals surface area contributed by atoms with Crippen molar-refractivity contribution in [3.05, 3.63) is 53.7 Å². The number of nitrogens with one attached hydrogen (secondary N) is 1. The normalized spacial score (nSPS) is 13.5. The minimum absolute atomic E-state index is 0.252. The minimum Gasteiger partial charge on any atom is -0.494 e. The van der Waals surface area contributed by atoms with E-state index in [1.165, 1.54) is 4.90 Å². The predicted molar refractivity (Wildman–Crippen MR) is 129 cm³/mol. The van der Waals surface area contributed by atoms with Gasteiger partial charge in [-0.25, -0.2) is 0 Å². The van der Waals surface area contributed by atoms with Crippen molar-refractivity contribution in [3.63, 3.8) is 0 Å². The van der Waals surface area contributed by atoms with Crippen LogP contribution in [0.4, 0.5) is 5.69 Å². The highest BCUT2D eigenvalue weighted by molar-refractivity contribution is 6.36. The van der Waals surface area contributed by atoms with E-state index in [0.717, 1.165) is 12.2 Å². The second-order valence-electron chi connectivity index (χ2n) is 7.54. The highest BCUT2D eigenvalue weighted by atomic mass is 16.5. The van der Waals surface area contributed by atoms with Gasteiger partial charge in [-0.1, -0.05) is 26.0 Å². The van der Waals surface area contributed by atoms with Crippen LogP contribution in [-0.2, 0) is 9.59 Å². The maximum absolute atomic E-state index is 13.2. The van der Waals surface area contributed by atoms with Crippen LogP contribution < -0.4 is 19.5 Å². The van der Waals surface area contributed by atoms with Gasteiger partial charge in [-0.15, -0.1) is 0 Å². The van der Waals surface area contributed by atoms with Crippen molar-refractivity contribution in [1.82, 2.24) is 4.90 Å². The molecule has 0 saturated carbocycles. The molecule has 7 nitrogen and oxygen atoms in total. The van der Waals surface area contributed by atoms with Crippen LogP contribution in [-0.4, -0.2) is 43.1 Å². The van der Waals surface area contributed by atoms with Gasteiger partial charge in [0.15, 0.2) is 11.5 Å². The first-order valence-corrected chi connectivity index (χ1v) is 11.5. The zero-order chi connectivity index (χ0) is 23.8. The van der Waals surface area contributed by atoms with Gasteiger partial charge in [-0.05, 0) is 56.5 Å². The van der Waals surface area contributed by atoms with Gasteiger partial charge in [0.2, 0.25) is 0 Å². The van der Waals surface area contributed by atoms with E-state index in [4.69, 9.17) is 14.2 Å². The van der Waals surface area contributed by atoms with E-state index in [1.807, 2.05) is 52.0 Å². The van der Waals surface area contributed by atoms with Gasteiger partial charge in [-0.3, -0.25) is 14.5 Å². The number of hydrogen-bond donors (Lipinski definition) is 1. The fourth-order valence-corrected chi connectivity index (χ4v) is 3.60. The molecule has 1 aliphatic heterocycles. The summed E-state index contributed by atoms with van der Waals surface area (Å²) in [7, 11) is 0. The van der Waals surface area contributed by atoms with Gasteiger partial charge in [-0.2, -0.15) is 0 Å². The molecule has 0 aromatic heterocycles. The summed E-state index contributed by atoms with van der Waals surface area (Å²) in [5.74, 6) is 1.29. The van der Waals surface area contributed by atoms with Crippen LogP contribution in [0.5, 0.6) is 17.2 Å². The van der Waals surface area contributed by atoms with Gasteiger partial charge in [0, 0.05) is 18.3 Å². The summed E-state index contributed by atoms with van der Waals surface area (Å²) in [6, 6.07) is 12.6. The summed E-state index contributed by atoms with van der Waals surface area (Å²) in [6.45, 7) is 9.75. The summed E-state index contributed by atoms with van der Waals surface area (Å²) in [5, 5.41) is 3.18. The Morgan fingerprint density at radius 1 is 0.788 bits per heavy atom. The second kappa shape index (κ2) is 11.4. The average molecular weight is 453 g/mol. The molecule has 1 N–H and O–H groups in total. The Morgan fingerprint density at radius 3 is 2.12 bits per heavy atom. The number of amides is 2. The number of rotatable bonds is 12. The molecule has 1 aliphatic rings. The van der Waals surface area contributed by atoms with Crippen molar-refractivity contribution in [2.24, 2.45) is 0 Å². The standard InChI is InChI=1S/C26H32N2O5/c1-5-15-28-25(29)23(18-9-12-20(13-10-18)33-16-6-2)24(26(28)30)27-19-11-14-21(31-7-3)22(17-19)32-8-4/h9-14,17,27H,5-8,15-16H2,1-4H3. The lowest BCUT2D eigenvalue weighted by atomic mass is 10.0. The summed E-state index contributed by atoms with van der Waals surface area (Å²) in [5.41, 5.74) is 1.90. The van der Waals surface area contributed by atoms with Gasteiger partial charge < -0.3 is 19.5 Å². The number of anilines is 1. The zero-order valence-corrected chi connectivity index (χ0v) is 19.8. The third kappa shape index (κ3) is 5.48. The van der Waals surface area contributed by atoms with Crippen molar-refractivity contribution in [1.29, 1.82) is 0 Å². The van der Waals surface area contributed by atoms with Crippen molar-refractivity contribution in [2.75, 3.05) is 31.7 Å². The smallest absolute Gasteiger partial charge is 0.278 e. The maximum Gasteiger partial charge on any atom is 0.278 e. The van der Waals surface area contributed by atoms with Crippen LogP contribution in [0.1, 0.15) is 46.1 Å². The highest BCUT2D eigenvalue weighted by Crippen LogP contribution is 2.35. The number of imide groups is 1. The van der Waals surface area contributed by atoms with E-state index in [9.17, 15) is 9.59 Å². The molecule has 33 heavy (non-hydrogen) atoms. The van der Waals surface area contributed by atoms with Crippen LogP contribution in [0.2, 0.25) is 0 Å². The number of carbonyl (C=O) groups excluding carboxylic acids is 2. The van der Waals surface area contributed by atoms with E-state index >= 15 is 0 Å². The van der Waals surface area contributed by atoms with Gasteiger partial charge in [0.05, 0.1) is 25.4 Å². The Balaban J connectivity index is 1.99. The lowest BCUT2D eigenvalue weighted by molar-refractivity contribution is -0.136. The molecule has 7 heteroatoms. The van der Waals surface area contributed by atoms with Crippen LogP contribution in [0.3, 0.4) is 0 Å². The first-order chi connectivity index (χ1) is 16.0. The third-order valence-electron chi connectivity index (χ3n) is 5.04. The molecule has 2 aromatic rings. The molecule has 176 valence electrons. The quantitative estimate of drug-likeness (QED) is 0.463. The molecule has 2 aromatic carbocycles. The first-order valence-electron chi connectivity index (χ1n) is 11.5. The first kappa shape index (κ1) is 24.2. The van der Waals surface area contributed by atoms with E-state index in [1.54, 1.807) is 18.2 Å². The van der Waals surface area contributed by atoms with Crippen LogP contribution in [0.15, 0.2) is 48.2 Å². The molecule has 0 fully saturated rings. The number of carbonyl (C=O) groups is 2. The topological polar surface area (TPSA) is 77.1 Å². The lowest BCUT2D eigenvalue weighted by Gasteiger charge is -2.15. The fraction of sp³-hybridized carbons (Fsp3) is 0.385. The molecule has 0 bridgehead atoms. The number of nitrogens with zero attached hydrogens (tertiary/aromatic N) is 1. The molecule has 0 saturated heterocycles. The average Bonchev–Trinajstić information content (AvgIpc) is 3.04. The molecule has 3 rings (SSSR count). The van der Waals surface area contributed by atoms with E-state index < -0.39 is 0 Å². The van der Waals surface area contributed by atoms with Crippen LogP contribution >= 0.6 is 0 Å². The molecule has 0 spiro atoms. The Kier molecular flexibility index (Phi) is 8.35. The minimum atomic E-state index is -0.338. The van der Waals surface area contributed by atoms with Crippen molar-refractivity contribution >= 4 is 23.1 Å². The van der Waals surface area contributed by atoms with Gasteiger partial charge in [0.25, 0.3) is 11.8 Å². The monoisotopic (exact) mass is 452 g/mol. The lowest BCUT2D eigenvalue weighted by Crippen LogP contribution is -2.33. The van der Waals surface area contributed by atoms with Crippen LogP contribution in [0.25, 0.3) is 5.57 Å². The Morgan fingerprint density at radius 2 is 1.48 bits per heavy atom. The largest absolute Gasteiger partial charge is 0.494 e. The summed E-state index contributed by atoms with van der Waals surface area (Å²) in [4.78, 5) is 27.7. The summed E-state index contributed by atoms with van der Waals surface area (Å²) in [6.07, 6.45) is 1.59. The fourth-order valence-electron chi connectivity index (χ4n) is 3.60. The molecule has 2 amide bonds. The van der Waals surface area contributed by atoms with E-state index in [-0.39, 0.29) is 17.5 Å². The molecule has 0 atom stereocenters. The van der Waals surface area contributed by atoms with Crippen molar-refractivity contribution in [2.45, 2.75) is 40.5 Å². The molecule has 0 radical (unpaired) electrons. The third-order valence-corrected chi connectivity index (χ3v) is 5.04. The number of benzene rings is 2. The Labute approximate surface area is 195 Å². The van der Waals surface area contributed by atoms with Crippen LogP contribution in [0, 0.1) is 0 Å². The molecule has 1 heterocycles. The SMILES string of the molecule is CCCOc1ccc(C2=C(Nc3ccc(OCC)c(OCC)c3)C(=O)N(CCC)C2=O)cc1. The number of ether oxygens (including phenoxy) is 3. The molecular formula is C26H32N2O5. The Bertz CT molecular complexity index is 1010. The van der Waals surface area contributed by atoms with E-state index in [0.29, 0.717) is 61.1 Å². The molecular weight excluding hydrogens is 420 g/mol. The van der Waals surface area contributed by atoms with Crippen molar-refractivity contribution in [3.8, 4) is 17.2 Å². The van der Waals surface area contributed by atoms with Gasteiger partial charge >= 0.3 is 0 Å². The summed E-state index contributed by atoms with van der Waals surface area (Å²) < 4.78 is 17.0. The molecule has 0 aliphatic carbocycles. The Hall–Kier alpha value is -3.48. The summed E-state index contributed by atoms with van der Waals surface area (Å²) >= 11 is 0. The maximum atomic E-state index is 13.2. The van der Waals surface area contributed by atoms with Gasteiger partial charge in [0.1, 0.15) is 11.4 Å². The highest BCUT2D eigenvalue weighted by Gasteiger charge is 2.38. The van der Waals surface area contributed by atoms with E-state index in [2.05, 4.69) is 5.32 Å². The molecule has 0 unspecified atom stereocenters. The predicted octanol–water partition coefficient (Wildman–Crippen LogP) is 4.87.